The lowest BCUT2D eigenvalue weighted by Gasteiger charge is -2.30. The van der Waals surface area contributed by atoms with Crippen molar-refractivity contribution in [2.45, 2.75) is 5.41 Å². The van der Waals surface area contributed by atoms with Gasteiger partial charge in [0.25, 0.3) is 0 Å². The van der Waals surface area contributed by atoms with Crippen molar-refractivity contribution < 1.29 is 0 Å². The van der Waals surface area contributed by atoms with Gasteiger partial charge in [0.1, 0.15) is 0 Å². The van der Waals surface area contributed by atoms with Crippen LogP contribution in [0.5, 0.6) is 0 Å². The molecule has 2 aromatic heterocycles. The molecular weight excluding hydrogens is 563 g/mol. The third-order valence-electron chi connectivity index (χ3n) is 10.4. The van der Waals surface area contributed by atoms with Crippen LogP contribution in [0.25, 0.3) is 69.9 Å². The molecule has 0 radical (unpaired) electrons. The highest BCUT2D eigenvalue weighted by Gasteiger charge is 2.51. The van der Waals surface area contributed by atoms with Crippen molar-refractivity contribution in [1.82, 2.24) is 4.57 Å². The molecule has 0 bridgehead atoms. The molecule has 0 unspecified atom stereocenters. The summed E-state index contributed by atoms with van der Waals surface area (Å²) < 4.78 is 5.21. The number of para-hydroxylation sites is 1. The Morgan fingerprint density at radius 3 is 1.71 bits per heavy atom. The summed E-state index contributed by atoms with van der Waals surface area (Å²) >= 11 is 1.91. The SMILES string of the molecule is c1ccc2c(c1)-c1ccccc1C21c2ccccc2-c2ccc(-n3c4ccccc4c4c5sc6ccccc6c5ccc43)cc21. The lowest BCUT2D eigenvalue weighted by molar-refractivity contribution is 0.792. The normalized spacial score (nSPS) is 14.0. The molecule has 9 aromatic rings. The minimum Gasteiger partial charge on any atom is -0.309 e. The highest BCUT2D eigenvalue weighted by molar-refractivity contribution is 7.26. The van der Waals surface area contributed by atoms with Crippen LogP contribution in [0, 0.1) is 0 Å². The third-order valence-corrected chi connectivity index (χ3v) is 11.6. The van der Waals surface area contributed by atoms with Gasteiger partial charge in [-0.15, -0.1) is 11.3 Å². The van der Waals surface area contributed by atoms with E-state index in [1.165, 1.54) is 92.2 Å². The van der Waals surface area contributed by atoms with E-state index in [2.05, 4.69) is 156 Å². The second kappa shape index (κ2) is 8.38. The molecule has 0 saturated heterocycles. The summed E-state index contributed by atoms with van der Waals surface area (Å²) in [6.45, 7) is 0. The predicted octanol–water partition coefficient (Wildman–Crippen LogP) is 11.5. The molecule has 2 heteroatoms. The fraction of sp³-hybridized carbons (Fsp3) is 0.0233. The second-order valence-electron chi connectivity index (χ2n) is 12.4. The highest BCUT2D eigenvalue weighted by atomic mass is 32.1. The number of aromatic nitrogens is 1. The van der Waals surface area contributed by atoms with Crippen LogP contribution in [0.1, 0.15) is 22.3 Å². The number of nitrogens with zero attached hydrogens (tertiary/aromatic N) is 1. The molecule has 2 heterocycles. The van der Waals surface area contributed by atoms with Crippen molar-refractivity contribution in [3.8, 4) is 27.9 Å². The quantitative estimate of drug-likeness (QED) is 0.180. The molecule has 7 aromatic carbocycles. The number of rotatable bonds is 1. The highest BCUT2D eigenvalue weighted by Crippen LogP contribution is 2.63. The zero-order valence-electron chi connectivity index (χ0n) is 24.3. The van der Waals surface area contributed by atoms with E-state index < -0.39 is 0 Å². The summed E-state index contributed by atoms with van der Waals surface area (Å²) in [4.78, 5) is 0. The van der Waals surface area contributed by atoms with Gasteiger partial charge in [0.15, 0.2) is 0 Å². The van der Waals surface area contributed by atoms with Gasteiger partial charge >= 0.3 is 0 Å². The van der Waals surface area contributed by atoms with Crippen LogP contribution in [0.15, 0.2) is 152 Å². The Morgan fingerprint density at radius 1 is 0.422 bits per heavy atom. The molecule has 45 heavy (non-hydrogen) atoms. The van der Waals surface area contributed by atoms with Gasteiger partial charge in [0.2, 0.25) is 0 Å². The summed E-state index contributed by atoms with van der Waals surface area (Å²) in [6.07, 6.45) is 0. The Morgan fingerprint density at radius 2 is 1.00 bits per heavy atom. The van der Waals surface area contributed by atoms with Crippen LogP contribution < -0.4 is 0 Å². The van der Waals surface area contributed by atoms with Gasteiger partial charge in [-0.05, 0) is 74.8 Å². The Balaban J connectivity index is 1.27. The molecule has 0 saturated carbocycles. The molecule has 0 amide bonds. The van der Waals surface area contributed by atoms with E-state index >= 15 is 0 Å². The maximum Gasteiger partial charge on any atom is 0.0726 e. The molecule has 1 nitrogen and oxygen atoms in total. The van der Waals surface area contributed by atoms with Crippen LogP contribution in [0.4, 0.5) is 0 Å². The summed E-state index contributed by atoms with van der Waals surface area (Å²) in [7, 11) is 0. The summed E-state index contributed by atoms with van der Waals surface area (Å²) in [5.41, 5.74) is 14.2. The van der Waals surface area contributed by atoms with Gasteiger partial charge in [0.05, 0.1) is 16.4 Å². The molecule has 0 atom stereocenters. The van der Waals surface area contributed by atoms with Crippen molar-refractivity contribution in [1.29, 1.82) is 0 Å². The monoisotopic (exact) mass is 587 g/mol. The van der Waals surface area contributed by atoms with E-state index in [-0.39, 0.29) is 5.41 Å². The van der Waals surface area contributed by atoms with Gasteiger partial charge < -0.3 is 4.57 Å². The van der Waals surface area contributed by atoms with E-state index in [0.29, 0.717) is 0 Å². The van der Waals surface area contributed by atoms with Crippen molar-refractivity contribution >= 4 is 53.3 Å². The van der Waals surface area contributed by atoms with Crippen molar-refractivity contribution in [2.24, 2.45) is 0 Å². The lowest BCUT2D eigenvalue weighted by Crippen LogP contribution is -2.26. The first kappa shape index (κ1) is 23.9. The van der Waals surface area contributed by atoms with Crippen LogP contribution in [-0.2, 0) is 5.41 Å². The lowest BCUT2D eigenvalue weighted by atomic mass is 9.70. The average Bonchev–Trinajstić information content (AvgIpc) is 3.81. The van der Waals surface area contributed by atoms with Crippen LogP contribution in [0.2, 0.25) is 0 Å². The van der Waals surface area contributed by atoms with Crippen molar-refractivity contribution in [3.63, 3.8) is 0 Å². The smallest absolute Gasteiger partial charge is 0.0726 e. The van der Waals surface area contributed by atoms with Gasteiger partial charge in [-0.3, -0.25) is 0 Å². The maximum atomic E-state index is 2.50. The summed E-state index contributed by atoms with van der Waals surface area (Å²) in [5, 5.41) is 5.33. The van der Waals surface area contributed by atoms with Gasteiger partial charge in [0, 0.05) is 36.6 Å². The third kappa shape index (κ3) is 2.80. The number of hydrogen-bond acceptors (Lipinski definition) is 1. The first-order valence-electron chi connectivity index (χ1n) is 15.6. The average molecular weight is 588 g/mol. The largest absolute Gasteiger partial charge is 0.309 e. The Labute approximate surface area is 264 Å². The Bertz CT molecular complexity index is 2660. The zero-order chi connectivity index (χ0) is 29.3. The van der Waals surface area contributed by atoms with E-state index in [1.54, 1.807) is 0 Å². The first-order valence-corrected chi connectivity index (χ1v) is 16.4. The van der Waals surface area contributed by atoms with Gasteiger partial charge in [-0.25, -0.2) is 0 Å². The van der Waals surface area contributed by atoms with Crippen molar-refractivity contribution in [2.75, 3.05) is 0 Å². The molecule has 0 N–H and O–H groups in total. The van der Waals surface area contributed by atoms with E-state index in [4.69, 9.17) is 0 Å². The van der Waals surface area contributed by atoms with Crippen LogP contribution >= 0.6 is 11.3 Å². The molecular formula is C43H25NS. The number of thiophene rings is 1. The summed E-state index contributed by atoms with van der Waals surface area (Å²) in [6, 6.07) is 56.8. The van der Waals surface area contributed by atoms with Crippen LogP contribution in [-0.4, -0.2) is 4.57 Å². The minimum absolute atomic E-state index is 0.355. The number of fused-ring (bicyclic) bond motifs is 17. The molecule has 1 spiro atoms. The van der Waals surface area contributed by atoms with E-state index in [9.17, 15) is 0 Å². The molecule has 208 valence electrons. The van der Waals surface area contributed by atoms with Gasteiger partial charge in [-0.1, -0.05) is 121 Å². The second-order valence-corrected chi connectivity index (χ2v) is 13.5. The molecule has 0 fully saturated rings. The van der Waals surface area contributed by atoms with Crippen LogP contribution in [0.3, 0.4) is 0 Å². The maximum absolute atomic E-state index is 2.50. The Kier molecular flexibility index (Phi) is 4.46. The minimum atomic E-state index is -0.355. The topological polar surface area (TPSA) is 4.93 Å². The molecule has 2 aliphatic carbocycles. The molecule has 0 aliphatic heterocycles. The van der Waals surface area contributed by atoms with Gasteiger partial charge in [-0.2, -0.15) is 0 Å². The van der Waals surface area contributed by atoms with E-state index in [0.717, 1.165) is 0 Å². The fourth-order valence-corrected chi connectivity index (χ4v) is 9.99. The zero-order valence-corrected chi connectivity index (χ0v) is 25.1. The number of hydrogen-bond donors (Lipinski definition) is 0. The number of benzene rings is 7. The fourth-order valence-electron chi connectivity index (χ4n) is 8.74. The van der Waals surface area contributed by atoms with Crippen molar-refractivity contribution in [3.05, 3.63) is 174 Å². The molecule has 2 aliphatic rings. The summed E-state index contributed by atoms with van der Waals surface area (Å²) in [5.74, 6) is 0. The Hall–Kier alpha value is -5.44. The molecule has 11 rings (SSSR count). The van der Waals surface area contributed by atoms with E-state index in [1.807, 2.05) is 11.3 Å². The first-order chi connectivity index (χ1) is 22.3. The predicted molar refractivity (Wildman–Crippen MR) is 190 cm³/mol. The standard InChI is InChI=1S/C43H25NS/c1-6-16-34-27(11-1)28-12-2-7-17-35(28)43(34)36-18-8-3-13-29(36)30-22-21-26(25-37(30)43)44-38-19-9-4-15-33(38)41-39(44)24-23-32-31-14-5-10-20-40(31)45-42(32)41/h1-25H.